The maximum absolute atomic E-state index is 13.5. The summed E-state index contributed by atoms with van der Waals surface area (Å²) in [6.45, 7) is 0. The molecule has 2 rings (SSSR count). The molecule has 0 fully saturated rings. The second-order valence-corrected chi connectivity index (χ2v) is 3.24. The molecule has 0 aliphatic rings. The molecule has 88 valence electrons. The molecule has 0 spiro atoms. The van der Waals surface area contributed by atoms with Gasteiger partial charge in [0, 0.05) is 12.7 Å². The number of aromatic nitrogens is 2. The number of nitrogen functional groups attached to an aromatic ring is 1. The van der Waals surface area contributed by atoms with Crippen LogP contribution in [0.2, 0.25) is 0 Å². The number of hydrogen-bond donors (Lipinski definition) is 2. The van der Waals surface area contributed by atoms with Crippen molar-refractivity contribution in [2.75, 3.05) is 12.8 Å². The van der Waals surface area contributed by atoms with Crippen LogP contribution in [0.5, 0.6) is 0 Å². The van der Waals surface area contributed by atoms with Gasteiger partial charge >= 0.3 is 0 Å². The zero-order chi connectivity index (χ0) is 12.4. The van der Waals surface area contributed by atoms with Gasteiger partial charge in [-0.1, -0.05) is 5.16 Å². The minimum Gasteiger partial charge on any atom is -0.399 e. The molecule has 1 aromatic heterocycles. The Kier molecular flexibility index (Phi) is 2.73. The summed E-state index contributed by atoms with van der Waals surface area (Å²) >= 11 is 0. The summed E-state index contributed by atoms with van der Waals surface area (Å²) in [5, 5.41) is 5.76. The van der Waals surface area contributed by atoms with Crippen molar-refractivity contribution in [1.29, 1.82) is 0 Å². The van der Waals surface area contributed by atoms with Gasteiger partial charge in [0.1, 0.15) is 5.82 Å². The number of nitrogens with one attached hydrogen (secondary N) is 1. The van der Waals surface area contributed by atoms with E-state index in [9.17, 15) is 9.18 Å². The molecule has 7 heteroatoms. The van der Waals surface area contributed by atoms with Crippen molar-refractivity contribution in [2.24, 2.45) is 0 Å². The highest BCUT2D eigenvalue weighted by molar-refractivity contribution is 5.90. The van der Waals surface area contributed by atoms with E-state index in [4.69, 9.17) is 10.3 Å². The summed E-state index contributed by atoms with van der Waals surface area (Å²) in [4.78, 5) is 15.0. The van der Waals surface area contributed by atoms with Crippen LogP contribution in [-0.2, 0) is 0 Å². The van der Waals surface area contributed by atoms with Crippen molar-refractivity contribution in [3.63, 3.8) is 0 Å². The fraction of sp³-hybridized carbons (Fsp3) is 0.100. The Labute approximate surface area is 95.6 Å². The average Bonchev–Trinajstić information content (AvgIpc) is 2.77. The van der Waals surface area contributed by atoms with E-state index in [1.165, 1.54) is 19.2 Å². The van der Waals surface area contributed by atoms with Gasteiger partial charge < -0.3 is 15.6 Å². The van der Waals surface area contributed by atoms with E-state index in [2.05, 4.69) is 15.5 Å². The van der Waals surface area contributed by atoms with Gasteiger partial charge in [-0.05, 0) is 18.2 Å². The first-order chi connectivity index (χ1) is 8.11. The standard InChI is InChI=1S/C10H9FN4O2/c1-13-9(16)8-14-10(17-15-8)6-3-2-5(12)4-7(6)11/h2-4H,12H2,1H3,(H,13,16). The number of carbonyl (C=O) groups is 1. The van der Waals surface area contributed by atoms with E-state index >= 15 is 0 Å². The van der Waals surface area contributed by atoms with E-state index in [1.807, 2.05) is 0 Å². The molecule has 0 unspecified atom stereocenters. The minimum atomic E-state index is -0.586. The van der Waals surface area contributed by atoms with Crippen LogP contribution in [0.3, 0.4) is 0 Å². The fourth-order valence-electron chi connectivity index (χ4n) is 1.24. The molecule has 6 nitrogen and oxygen atoms in total. The van der Waals surface area contributed by atoms with Crippen LogP contribution < -0.4 is 11.1 Å². The Balaban J connectivity index is 2.40. The number of amides is 1. The number of benzene rings is 1. The number of nitrogens with two attached hydrogens (primary N) is 1. The van der Waals surface area contributed by atoms with Crippen LogP contribution in [0, 0.1) is 5.82 Å². The monoisotopic (exact) mass is 236 g/mol. The third-order valence-electron chi connectivity index (χ3n) is 2.08. The lowest BCUT2D eigenvalue weighted by Gasteiger charge is -1.97. The first-order valence-corrected chi connectivity index (χ1v) is 4.73. The highest BCUT2D eigenvalue weighted by atomic mass is 19.1. The molecule has 0 bridgehead atoms. The van der Waals surface area contributed by atoms with Gasteiger partial charge in [-0.3, -0.25) is 4.79 Å². The highest BCUT2D eigenvalue weighted by Crippen LogP contribution is 2.22. The SMILES string of the molecule is CNC(=O)c1noc(-c2ccc(N)cc2F)n1. The van der Waals surface area contributed by atoms with Crippen molar-refractivity contribution < 1.29 is 13.7 Å². The van der Waals surface area contributed by atoms with E-state index < -0.39 is 11.7 Å². The molecule has 0 aliphatic heterocycles. The molecule has 0 saturated heterocycles. The number of nitrogens with zero attached hydrogens (tertiary/aromatic N) is 2. The number of anilines is 1. The zero-order valence-corrected chi connectivity index (χ0v) is 8.90. The maximum Gasteiger partial charge on any atom is 0.292 e. The Morgan fingerprint density at radius 2 is 2.29 bits per heavy atom. The zero-order valence-electron chi connectivity index (χ0n) is 8.90. The quantitative estimate of drug-likeness (QED) is 0.753. The van der Waals surface area contributed by atoms with Gasteiger partial charge in [-0.25, -0.2) is 4.39 Å². The number of hydrogen-bond acceptors (Lipinski definition) is 5. The van der Waals surface area contributed by atoms with Crippen molar-refractivity contribution >= 4 is 11.6 Å². The van der Waals surface area contributed by atoms with Gasteiger partial charge in [0.25, 0.3) is 17.6 Å². The molecule has 3 N–H and O–H groups in total. The molecule has 1 amide bonds. The largest absolute Gasteiger partial charge is 0.399 e. The summed E-state index contributed by atoms with van der Waals surface area (Å²) in [6.07, 6.45) is 0. The third-order valence-corrected chi connectivity index (χ3v) is 2.08. The molecule has 17 heavy (non-hydrogen) atoms. The Hall–Kier alpha value is -2.44. The second-order valence-electron chi connectivity index (χ2n) is 3.24. The molecular formula is C10H9FN4O2. The fourth-order valence-corrected chi connectivity index (χ4v) is 1.24. The summed E-state index contributed by atoms with van der Waals surface area (Å²) < 4.78 is 18.3. The number of rotatable bonds is 2. The lowest BCUT2D eigenvalue weighted by atomic mass is 10.2. The molecular weight excluding hydrogens is 227 g/mol. The molecule has 1 aromatic carbocycles. The summed E-state index contributed by atoms with van der Waals surface area (Å²) in [7, 11) is 1.43. The van der Waals surface area contributed by atoms with Crippen LogP contribution in [0.15, 0.2) is 22.7 Å². The van der Waals surface area contributed by atoms with Gasteiger partial charge in [0.15, 0.2) is 0 Å². The molecule has 2 aromatic rings. The highest BCUT2D eigenvalue weighted by Gasteiger charge is 2.16. The second kappa shape index (κ2) is 4.20. The number of carbonyl (C=O) groups excluding carboxylic acids is 1. The summed E-state index contributed by atoms with van der Waals surface area (Å²) in [5.74, 6) is -1.31. The van der Waals surface area contributed by atoms with E-state index in [0.717, 1.165) is 6.07 Å². The van der Waals surface area contributed by atoms with Gasteiger partial charge in [-0.15, -0.1) is 0 Å². The lowest BCUT2D eigenvalue weighted by molar-refractivity contribution is 0.0950. The van der Waals surface area contributed by atoms with Gasteiger partial charge in [0.2, 0.25) is 0 Å². The van der Waals surface area contributed by atoms with Gasteiger partial charge in [-0.2, -0.15) is 4.98 Å². The third kappa shape index (κ3) is 2.07. The smallest absolute Gasteiger partial charge is 0.292 e. The predicted molar refractivity (Wildman–Crippen MR) is 57.5 cm³/mol. The van der Waals surface area contributed by atoms with Crippen molar-refractivity contribution in [1.82, 2.24) is 15.5 Å². The minimum absolute atomic E-state index is 0.0684. The van der Waals surface area contributed by atoms with Crippen LogP contribution in [-0.4, -0.2) is 23.1 Å². The number of halogens is 1. The Morgan fingerprint density at radius 1 is 1.53 bits per heavy atom. The van der Waals surface area contributed by atoms with Crippen LogP contribution in [0.4, 0.5) is 10.1 Å². The van der Waals surface area contributed by atoms with E-state index in [-0.39, 0.29) is 23.0 Å². The van der Waals surface area contributed by atoms with Crippen molar-refractivity contribution in [3.8, 4) is 11.5 Å². The van der Waals surface area contributed by atoms with Crippen LogP contribution >= 0.6 is 0 Å². The maximum atomic E-state index is 13.5. The topological polar surface area (TPSA) is 94.0 Å². The van der Waals surface area contributed by atoms with Crippen LogP contribution in [0.1, 0.15) is 10.6 Å². The molecule has 0 saturated carbocycles. The molecule has 0 aliphatic carbocycles. The molecule has 1 heterocycles. The Morgan fingerprint density at radius 3 is 2.94 bits per heavy atom. The summed E-state index contributed by atoms with van der Waals surface area (Å²) in [6, 6.07) is 4.05. The van der Waals surface area contributed by atoms with Crippen LogP contribution in [0.25, 0.3) is 11.5 Å². The van der Waals surface area contributed by atoms with Gasteiger partial charge in [0.05, 0.1) is 5.56 Å². The first kappa shape index (κ1) is 11.1. The molecule has 0 atom stereocenters. The summed E-state index contributed by atoms with van der Waals surface area (Å²) in [5.41, 5.74) is 5.80. The lowest BCUT2D eigenvalue weighted by Crippen LogP contribution is -2.19. The first-order valence-electron chi connectivity index (χ1n) is 4.73. The van der Waals surface area contributed by atoms with Crippen molar-refractivity contribution in [3.05, 3.63) is 29.8 Å². The van der Waals surface area contributed by atoms with E-state index in [0.29, 0.717) is 0 Å². The van der Waals surface area contributed by atoms with E-state index in [1.54, 1.807) is 0 Å². The average molecular weight is 236 g/mol. The van der Waals surface area contributed by atoms with Crippen molar-refractivity contribution in [2.45, 2.75) is 0 Å². The predicted octanol–water partition coefficient (Wildman–Crippen LogP) is 0.818. The normalized spacial score (nSPS) is 10.2. The Bertz CT molecular complexity index is 567. The molecule has 0 radical (unpaired) electrons.